The van der Waals surface area contributed by atoms with Crippen molar-refractivity contribution in [1.82, 2.24) is 4.90 Å². The van der Waals surface area contributed by atoms with Gasteiger partial charge in [-0.05, 0) is 33.0 Å². The number of likely N-dealkylation sites (N-methyl/N-ethyl adjacent to an activating group) is 1. The van der Waals surface area contributed by atoms with Crippen molar-refractivity contribution in [3.8, 4) is 0 Å². The summed E-state index contributed by atoms with van der Waals surface area (Å²) in [6, 6.07) is 10.1. The van der Waals surface area contributed by atoms with Gasteiger partial charge < -0.3 is 5.11 Å². The van der Waals surface area contributed by atoms with Gasteiger partial charge in [0.2, 0.25) is 0 Å². The van der Waals surface area contributed by atoms with E-state index in [0.29, 0.717) is 0 Å². The summed E-state index contributed by atoms with van der Waals surface area (Å²) in [5.41, 5.74) is -0.808. The minimum atomic E-state index is -0.808. The number of aliphatic carboxylic acids is 1. The van der Waals surface area contributed by atoms with Crippen LogP contribution in [0.2, 0.25) is 0 Å². The zero-order chi connectivity index (χ0) is 12.9. The van der Waals surface area contributed by atoms with Crippen LogP contribution in [0.15, 0.2) is 35.2 Å². The monoisotopic (exact) mass is 253 g/mol. The second-order valence-electron chi connectivity index (χ2n) is 4.45. The van der Waals surface area contributed by atoms with Crippen molar-refractivity contribution in [2.24, 2.45) is 0 Å². The first kappa shape index (κ1) is 14.1. The zero-order valence-electron chi connectivity index (χ0n) is 10.5. The van der Waals surface area contributed by atoms with E-state index in [9.17, 15) is 4.79 Å². The van der Waals surface area contributed by atoms with Gasteiger partial charge in [-0.1, -0.05) is 18.2 Å². The highest BCUT2D eigenvalue weighted by Gasteiger charge is 2.31. The number of hydrogen-bond donors (Lipinski definition) is 1. The maximum absolute atomic E-state index is 11.0. The van der Waals surface area contributed by atoms with Gasteiger partial charge >= 0.3 is 5.97 Å². The Labute approximate surface area is 107 Å². The van der Waals surface area contributed by atoms with Crippen molar-refractivity contribution in [3.63, 3.8) is 0 Å². The third-order valence-electron chi connectivity index (χ3n) is 2.92. The summed E-state index contributed by atoms with van der Waals surface area (Å²) in [7, 11) is 1.85. The zero-order valence-corrected chi connectivity index (χ0v) is 11.3. The highest BCUT2D eigenvalue weighted by molar-refractivity contribution is 7.99. The number of carboxylic acids is 1. The van der Waals surface area contributed by atoms with Crippen LogP contribution < -0.4 is 0 Å². The van der Waals surface area contributed by atoms with Crippen LogP contribution in [0.3, 0.4) is 0 Å². The Morgan fingerprint density at radius 1 is 1.35 bits per heavy atom. The molecule has 0 aliphatic rings. The minimum absolute atomic E-state index is 0.749. The molecule has 0 fully saturated rings. The molecule has 0 bridgehead atoms. The second kappa shape index (κ2) is 6.07. The first-order valence-electron chi connectivity index (χ1n) is 5.57. The quantitative estimate of drug-likeness (QED) is 0.791. The summed E-state index contributed by atoms with van der Waals surface area (Å²) < 4.78 is 0. The van der Waals surface area contributed by atoms with Gasteiger partial charge in [0.05, 0.1) is 0 Å². The van der Waals surface area contributed by atoms with Crippen LogP contribution in [0, 0.1) is 0 Å². The summed E-state index contributed by atoms with van der Waals surface area (Å²) in [6.45, 7) is 4.20. The third kappa shape index (κ3) is 4.06. The number of nitrogens with zero attached hydrogens (tertiary/aromatic N) is 1. The molecule has 0 saturated carbocycles. The molecule has 0 amide bonds. The van der Waals surface area contributed by atoms with E-state index in [1.165, 1.54) is 4.90 Å². The maximum atomic E-state index is 11.0. The highest BCUT2D eigenvalue weighted by atomic mass is 32.2. The topological polar surface area (TPSA) is 40.5 Å². The molecule has 0 radical (unpaired) electrons. The summed E-state index contributed by atoms with van der Waals surface area (Å²) in [4.78, 5) is 14.1. The average Bonchev–Trinajstić information content (AvgIpc) is 2.30. The third-order valence-corrected chi connectivity index (χ3v) is 3.91. The molecule has 17 heavy (non-hydrogen) atoms. The average molecular weight is 253 g/mol. The van der Waals surface area contributed by atoms with Gasteiger partial charge in [0.1, 0.15) is 5.54 Å². The lowest BCUT2D eigenvalue weighted by molar-refractivity contribution is -0.148. The van der Waals surface area contributed by atoms with Gasteiger partial charge in [-0.2, -0.15) is 0 Å². The Kier molecular flexibility index (Phi) is 5.02. The lowest BCUT2D eigenvalue weighted by Crippen LogP contribution is -2.48. The van der Waals surface area contributed by atoms with E-state index in [2.05, 4.69) is 12.1 Å². The largest absolute Gasteiger partial charge is 0.480 e. The number of benzene rings is 1. The molecular formula is C13H19NO2S. The predicted octanol–water partition coefficient (Wildman–Crippen LogP) is 2.57. The number of hydrogen-bond acceptors (Lipinski definition) is 3. The lowest BCUT2D eigenvalue weighted by atomic mass is 10.0. The van der Waals surface area contributed by atoms with Gasteiger partial charge in [0.25, 0.3) is 0 Å². The molecule has 1 N–H and O–H groups in total. The fourth-order valence-corrected chi connectivity index (χ4v) is 2.21. The summed E-state index contributed by atoms with van der Waals surface area (Å²) in [6.07, 6.45) is 0. The Balaban J connectivity index is 2.39. The lowest BCUT2D eigenvalue weighted by Gasteiger charge is -2.31. The predicted molar refractivity (Wildman–Crippen MR) is 71.5 cm³/mol. The van der Waals surface area contributed by atoms with E-state index in [0.717, 1.165) is 12.3 Å². The Hall–Kier alpha value is -1.00. The minimum Gasteiger partial charge on any atom is -0.480 e. The van der Waals surface area contributed by atoms with Gasteiger partial charge in [-0.25, -0.2) is 0 Å². The van der Waals surface area contributed by atoms with Crippen LogP contribution >= 0.6 is 11.8 Å². The Bertz CT molecular complexity index is 365. The SMILES string of the molecule is CN(CCSc1ccccc1)C(C)(C)C(=O)O. The standard InChI is InChI=1S/C13H19NO2S/c1-13(2,12(15)16)14(3)9-10-17-11-7-5-4-6-8-11/h4-8H,9-10H2,1-3H3,(H,15,16). The van der Waals surface area contributed by atoms with E-state index < -0.39 is 11.5 Å². The maximum Gasteiger partial charge on any atom is 0.323 e. The molecule has 3 nitrogen and oxygen atoms in total. The van der Waals surface area contributed by atoms with Crippen molar-refractivity contribution in [2.45, 2.75) is 24.3 Å². The van der Waals surface area contributed by atoms with Crippen molar-refractivity contribution in [1.29, 1.82) is 0 Å². The first-order chi connectivity index (χ1) is 7.94. The molecule has 0 saturated heterocycles. The molecule has 0 heterocycles. The Morgan fingerprint density at radius 3 is 2.47 bits per heavy atom. The van der Waals surface area contributed by atoms with Crippen molar-refractivity contribution >= 4 is 17.7 Å². The fourth-order valence-electron chi connectivity index (χ4n) is 1.26. The normalized spacial score (nSPS) is 11.8. The molecule has 4 heteroatoms. The molecule has 0 aromatic heterocycles. The molecule has 0 aliphatic carbocycles. The van der Waals surface area contributed by atoms with Crippen LogP contribution in [0.5, 0.6) is 0 Å². The summed E-state index contributed by atoms with van der Waals surface area (Å²) >= 11 is 1.74. The van der Waals surface area contributed by atoms with Crippen LogP contribution in [0.4, 0.5) is 0 Å². The van der Waals surface area contributed by atoms with E-state index in [1.807, 2.05) is 30.1 Å². The van der Waals surface area contributed by atoms with Gasteiger partial charge in [-0.3, -0.25) is 9.69 Å². The number of carbonyl (C=O) groups is 1. The number of thioether (sulfide) groups is 1. The summed E-state index contributed by atoms with van der Waals surface area (Å²) in [5.74, 6) is 0.0988. The fraction of sp³-hybridized carbons (Fsp3) is 0.462. The van der Waals surface area contributed by atoms with E-state index in [1.54, 1.807) is 25.6 Å². The molecule has 0 atom stereocenters. The summed E-state index contributed by atoms with van der Waals surface area (Å²) in [5, 5.41) is 9.08. The van der Waals surface area contributed by atoms with Crippen LogP contribution in [-0.4, -0.2) is 40.9 Å². The van der Waals surface area contributed by atoms with Crippen molar-refractivity contribution in [2.75, 3.05) is 19.3 Å². The first-order valence-corrected chi connectivity index (χ1v) is 6.55. The van der Waals surface area contributed by atoms with E-state index in [-0.39, 0.29) is 0 Å². The molecule has 1 aromatic rings. The smallest absolute Gasteiger partial charge is 0.323 e. The van der Waals surface area contributed by atoms with E-state index in [4.69, 9.17) is 5.11 Å². The highest BCUT2D eigenvalue weighted by Crippen LogP contribution is 2.19. The van der Waals surface area contributed by atoms with Crippen LogP contribution in [-0.2, 0) is 4.79 Å². The van der Waals surface area contributed by atoms with Crippen molar-refractivity contribution < 1.29 is 9.90 Å². The second-order valence-corrected chi connectivity index (χ2v) is 5.62. The Morgan fingerprint density at radius 2 is 1.94 bits per heavy atom. The molecule has 0 aliphatic heterocycles. The molecular weight excluding hydrogens is 234 g/mol. The molecule has 1 aromatic carbocycles. The molecule has 94 valence electrons. The van der Waals surface area contributed by atoms with Gasteiger partial charge in [0.15, 0.2) is 0 Å². The van der Waals surface area contributed by atoms with Crippen molar-refractivity contribution in [3.05, 3.63) is 30.3 Å². The number of carboxylic acid groups (broad SMARTS) is 1. The van der Waals surface area contributed by atoms with Crippen LogP contribution in [0.1, 0.15) is 13.8 Å². The molecule has 1 rings (SSSR count). The van der Waals surface area contributed by atoms with Gasteiger partial charge in [0, 0.05) is 17.2 Å². The molecule has 0 spiro atoms. The van der Waals surface area contributed by atoms with Crippen LogP contribution in [0.25, 0.3) is 0 Å². The molecule has 0 unspecified atom stereocenters. The van der Waals surface area contributed by atoms with Gasteiger partial charge in [-0.15, -0.1) is 11.8 Å². The van der Waals surface area contributed by atoms with E-state index >= 15 is 0 Å². The number of rotatable bonds is 6.